The quantitative estimate of drug-likeness (QED) is 0.845. The number of hydrogen-bond acceptors (Lipinski definition) is 6. The Labute approximate surface area is 159 Å². The molecule has 144 valence electrons. The molecule has 0 amide bonds. The van der Waals surface area contributed by atoms with Crippen LogP contribution in [0.3, 0.4) is 0 Å². The highest BCUT2D eigenvalue weighted by Crippen LogP contribution is 2.39. The number of hydrogen-bond donors (Lipinski definition) is 1. The molecule has 1 aliphatic carbocycles. The zero-order valence-corrected chi connectivity index (χ0v) is 16.1. The Bertz CT molecular complexity index is 827. The molecule has 0 radical (unpaired) electrons. The molecule has 2 aromatic rings. The average Bonchev–Trinajstić information content (AvgIpc) is 3.53. The van der Waals surface area contributed by atoms with Gasteiger partial charge in [0.05, 0.1) is 6.04 Å². The fourth-order valence-electron chi connectivity index (χ4n) is 3.72. The predicted molar refractivity (Wildman–Crippen MR) is 106 cm³/mol. The van der Waals surface area contributed by atoms with Crippen LogP contribution in [0.25, 0.3) is 0 Å². The average molecular weight is 368 g/mol. The van der Waals surface area contributed by atoms with Gasteiger partial charge >= 0.3 is 0 Å². The number of nitrogens with one attached hydrogen (secondary N) is 1. The highest BCUT2D eigenvalue weighted by atomic mass is 16.1. The summed E-state index contributed by atoms with van der Waals surface area (Å²) in [6, 6.07) is 3.84. The van der Waals surface area contributed by atoms with Crippen LogP contribution >= 0.6 is 0 Å². The van der Waals surface area contributed by atoms with Gasteiger partial charge in [0.25, 0.3) is 5.56 Å². The van der Waals surface area contributed by atoms with E-state index in [0.717, 1.165) is 31.7 Å². The van der Waals surface area contributed by atoms with Crippen LogP contribution < -0.4 is 15.8 Å². The maximum Gasteiger partial charge on any atom is 0.267 e. The van der Waals surface area contributed by atoms with Crippen molar-refractivity contribution in [3.63, 3.8) is 0 Å². The molecule has 4 rings (SSSR count). The van der Waals surface area contributed by atoms with Crippen LogP contribution in [0.2, 0.25) is 0 Å². The van der Waals surface area contributed by atoms with Crippen LogP contribution in [-0.4, -0.2) is 38.9 Å². The highest BCUT2D eigenvalue weighted by Gasteiger charge is 2.26. The van der Waals surface area contributed by atoms with Gasteiger partial charge in [0.15, 0.2) is 0 Å². The second-order valence-corrected chi connectivity index (χ2v) is 7.91. The molecule has 0 spiro atoms. The first-order valence-electron chi connectivity index (χ1n) is 10.0. The van der Waals surface area contributed by atoms with Gasteiger partial charge in [0.2, 0.25) is 5.95 Å². The smallest absolute Gasteiger partial charge is 0.267 e. The van der Waals surface area contributed by atoms with Crippen molar-refractivity contribution >= 4 is 11.8 Å². The summed E-state index contributed by atoms with van der Waals surface area (Å²) in [5.41, 5.74) is 1.20. The summed E-state index contributed by atoms with van der Waals surface area (Å²) in [5.74, 6) is 2.24. The minimum atomic E-state index is -0.0513. The van der Waals surface area contributed by atoms with Gasteiger partial charge in [0, 0.05) is 37.6 Å². The van der Waals surface area contributed by atoms with Crippen LogP contribution in [0.1, 0.15) is 63.5 Å². The van der Waals surface area contributed by atoms with E-state index in [0.29, 0.717) is 17.9 Å². The Morgan fingerprint density at radius 3 is 2.63 bits per heavy atom. The third-order valence-electron chi connectivity index (χ3n) is 5.44. The highest BCUT2D eigenvalue weighted by molar-refractivity contribution is 5.40. The van der Waals surface area contributed by atoms with E-state index in [1.54, 1.807) is 10.7 Å². The lowest BCUT2D eigenvalue weighted by Gasteiger charge is -2.36. The molecule has 2 aromatic heterocycles. The van der Waals surface area contributed by atoms with Crippen LogP contribution in [-0.2, 0) is 0 Å². The molecule has 1 aliphatic heterocycles. The lowest BCUT2D eigenvalue weighted by Crippen LogP contribution is -2.45. The van der Waals surface area contributed by atoms with Crippen molar-refractivity contribution in [3.05, 3.63) is 40.4 Å². The standard InChI is InChI=1S/C20H28N6O/c1-14(2)26-19(27)9-8-18(24-26)25-10-4-3-5-17(25)13-23-20-21-11-16(12-22-20)15-6-7-15/h8-9,11-12,14-15,17H,3-7,10,13H2,1-2H3,(H,21,22,23). The molecular weight excluding hydrogens is 340 g/mol. The van der Waals surface area contributed by atoms with E-state index in [9.17, 15) is 4.79 Å². The van der Waals surface area contributed by atoms with Crippen molar-refractivity contribution < 1.29 is 0 Å². The lowest BCUT2D eigenvalue weighted by molar-refractivity contribution is 0.451. The molecule has 1 saturated heterocycles. The number of piperidine rings is 1. The van der Waals surface area contributed by atoms with Gasteiger partial charge in [-0.3, -0.25) is 4.79 Å². The normalized spacial score (nSPS) is 20.1. The van der Waals surface area contributed by atoms with E-state index >= 15 is 0 Å². The number of nitrogens with zero attached hydrogens (tertiary/aromatic N) is 5. The molecule has 7 nitrogen and oxygen atoms in total. The van der Waals surface area contributed by atoms with Gasteiger partial charge in [-0.1, -0.05) is 0 Å². The number of rotatable bonds is 6. The Balaban J connectivity index is 1.45. The first kappa shape index (κ1) is 17.9. The van der Waals surface area contributed by atoms with Gasteiger partial charge in [-0.25, -0.2) is 14.6 Å². The molecule has 3 heterocycles. The van der Waals surface area contributed by atoms with E-state index < -0.39 is 0 Å². The molecule has 1 atom stereocenters. The summed E-state index contributed by atoms with van der Waals surface area (Å²) >= 11 is 0. The van der Waals surface area contributed by atoms with Crippen LogP contribution in [0.15, 0.2) is 29.3 Å². The molecule has 2 aliphatic rings. The Kier molecular flexibility index (Phi) is 5.09. The summed E-state index contributed by atoms with van der Waals surface area (Å²) in [5, 5.41) is 8.00. The first-order chi connectivity index (χ1) is 13.1. The van der Waals surface area contributed by atoms with Crippen molar-refractivity contribution in [2.24, 2.45) is 0 Å². The Morgan fingerprint density at radius 2 is 1.93 bits per heavy atom. The molecule has 0 aromatic carbocycles. The van der Waals surface area contributed by atoms with Crippen LogP contribution in [0, 0.1) is 0 Å². The summed E-state index contributed by atoms with van der Waals surface area (Å²) in [6.07, 6.45) is 9.87. The van der Waals surface area contributed by atoms with E-state index in [4.69, 9.17) is 0 Å². The van der Waals surface area contributed by atoms with Gasteiger partial charge in [-0.05, 0) is 63.5 Å². The maximum absolute atomic E-state index is 12.0. The van der Waals surface area contributed by atoms with E-state index in [2.05, 4.69) is 25.3 Å². The fraction of sp³-hybridized carbons (Fsp3) is 0.600. The van der Waals surface area contributed by atoms with Crippen molar-refractivity contribution in [2.75, 3.05) is 23.3 Å². The molecule has 1 saturated carbocycles. The zero-order chi connectivity index (χ0) is 18.8. The second kappa shape index (κ2) is 7.66. The van der Waals surface area contributed by atoms with Gasteiger partial charge in [-0.15, -0.1) is 0 Å². The van der Waals surface area contributed by atoms with E-state index in [1.807, 2.05) is 32.3 Å². The van der Waals surface area contributed by atoms with Crippen molar-refractivity contribution in [1.82, 2.24) is 19.7 Å². The predicted octanol–water partition coefficient (Wildman–Crippen LogP) is 2.96. The third kappa shape index (κ3) is 4.12. The lowest BCUT2D eigenvalue weighted by atomic mass is 10.0. The monoisotopic (exact) mass is 368 g/mol. The third-order valence-corrected chi connectivity index (χ3v) is 5.44. The Hall–Kier alpha value is -2.44. The molecule has 1 N–H and O–H groups in total. The molecule has 1 unspecified atom stereocenters. The topological polar surface area (TPSA) is 75.9 Å². The first-order valence-corrected chi connectivity index (χ1v) is 10.0. The minimum absolute atomic E-state index is 0.0513. The summed E-state index contributed by atoms with van der Waals surface area (Å²) in [4.78, 5) is 23.3. The fourth-order valence-corrected chi connectivity index (χ4v) is 3.72. The Morgan fingerprint density at radius 1 is 1.15 bits per heavy atom. The van der Waals surface area contributed by atoms with Gasteiger partial charge < -0.3 is 10.2 Å². The van der Waals surface area contributed by atoms with Gasteiger partial charge in [-0.2, -0.15) is 5.10 Å². The molecule has 0 bridgehead atoms. The molecule has 2 fully saturated rings. The minimum Gasteiger partial charge on any atom is -0.352 e. The van der Waals surface area contributed by atoms with Crippen molar-refractivity contribution in [3.8, 4) is 0 Å². The van der Waals surface area contributed by atoms with E-state index in [1.165, 1.54) is 24.8 Å². The largest absolute Gasteiger partial charge is 0.352 e. The molecular formula is C20H28N6O. The molecule has 7 heteroatoms. The summed E-state index contributed by atoms with van der Waals surface area (Å²) < 4.78 is 1.56. The van der Waals surface area contributed by atoms with Crippen LogP contribution in [0.4, 0.5) is 11.8 Å². The van der Waals surface area contributed by atoms with Crippen molar-refractivity contribution in [2.45, 2.75) is 64.0 Å². The van der Waals surface area contributed by atoms with Crippen molar-refractivity contribution in [1.29, 1.82) is 0 Å². The summed E-state index contributed by atoms with van der Waals surface area (Å²) in [7, 11) is 0. The SMILES string of the molecule is CC(C)n1nc(N2CCCCC2CNc2ncc(C3CC3)cn2)ccc1=O. The van der Waals surface area contributed by atoms with Gasteiger partial charge in [0.1, 0.15) is 5.82 Å². The van der Waals surface area contributed by atoms with Crippen LogP contribution in [0.5, 0.6) is 0 Å². The van der Waals surface area contributed by atoms with E-state index in [-0.39, 0.29) is 11.6 Å². The number of aromatic nitrogens is 4. The maximum atomic E-state index is 12.0. The number of anilines is 2. The second-order valence-electron chi connectivity index (χ2n) is 7.91. The summed E-state index contributed by atoms with van der Waals surface area (Å²) in [6.45, 7) is 5.69. The molecule has 27 heavy (non-hydrogen) atoms. The zero-order valence-electron chi connectivity index (χ0n) is 16.1.